The van der Waals surface area contributed by atoms with Gasteiger partial charge in [0.1, 0.15) is 0 Å². The summed E-state index contributed by atoms with van der Waals surface area (Å²) in [5, 5.41) is 15.6. The second-order valence-electron chi connectivity index (χ2n) is 8.58. The normalized spacial score (nSPS) is 13.9. The van der Waals surface area contributed by atoms with Crippen molar-refractivity contribution in [1.29, 1.82) is 0 Å². The van der Waals surface area contributed by atoms with Crippen molar-refractivity contribution in [2.45, 2.75) is 13.5 Å². The fraction of sp³-hybridized carbons (Fsp3) is 0.417. The van der Waals surface area contributed by atoms with E-state index in [1.165, 1.54) is 7.11 Å². The van der Waals surface area contributed by atoms with Gasteiger partial charge in [-0.25, -0.2) is 9.48 Å². The molecule has 12 nitrogen and oxygen atoms in total. The van der Waals surface area contributed by atoms with Gasteiger partial charge in [-0.05, 0) is 37.7 Å². The number of aromatic nitrogens is 5. The van der Waals surface area contributed by atoms with Gasteiger partial charge in [0.05, 0.1) is 18.5 Å². The Balaban J connectivity index is 1.54. The number of ether oxygens (including phenoxy) is 1. The standard InChI is InChI=1S/C24H31N9O3/c1-5-31(3)23(34)19-14-20(33(29-19)21-8-9-22(36-4)28-27-21)18-7-6-17(15-25-18)16-26-24(35)32-12-10-30(2)11-13-32/h6-9,14-15H,5,10-13,16H2,1-4H3,(H,26,35). The number of nitrogens with one attached hydrogen (secondary N) is 1. The quantitative estimate of drug-likeness (QED) is 0.523. The summed E-state index contributed by atoms with van der Waals surface area (Å²) in [6.45, 7) is 5.98. The Hall–Kier alpha value is -4.06. The summed E-state index contributed by atoms with van der Waals surface area (Å²) in [5.41, 5.74) is 2.33. The lowest BCUT2D eigenvalue weighted by Gasteiger charge is -2.32. The highest BCUT2D eigenvalue weighted by molar-refractivity contribution is 5.93. The van der Waals surface area contributed by atoms with Crippen molar-refractivity contribution in [2.75, 3.05) is 53.9 Å². The summed E-state index contributed by atoms with van der Waals surface area (Å²) < 4.78 is 6.64. The minimum Gasteiger partial charge on any atom is -0.480 e. The maximum atomic E-state index is 12.8. The largest absolute Gasteiger partial charge is 0.480 e. The molecule has 0 bridgehead atoms. The number of nitrogens with zero attached hydrogens (tertiary/aromatic N) is 8. The van der Waals surface area contributed by atoms with Crippen molar-refractivity contribution in [2.24, 2.45) is 0 Å². The van der Waals surface area contributed by atoms with Crippen LogP contribution in [0.15, 0.2) is 36.5 Å². The van der Waals surface area contributed by atoms with Gasteiger partial charge in [-0.2, -0.15) is 5.10 Å². The minimum absolute atomic E-state index is 0.0773. The Morgan fingerprint density at radius 1 is 1.11 bits per heavy atom. The van der Waals surface area contributed by atoms with E-state index in [-0.39, 0.29) is 17.6 Å². The van der Waals surface area contributed by atoms with Crippen molar-refractivity contribution < 1.29 is 14.3 Å². The van der Waals surface area contributed by atoms with E-state index in [1.807, 2.05) is 24.0 Å². The molecule has 0 spiro atoms. The molecule has 3 aromatic rings. The fourth-order valence-corrected chi connectivity index (χ4v) is 3.70. The number of hydrogen-bond acceptors (Lipinski definition) is 8. The topological polar surface area (TPSA) is 122 Å². The number of likely N-dealkylation sites (N-methyl/N-ethyl adjacent to an activating group) is 1. The van der Waals surface area contributed by atoms with Gasteiger partial charge < -0.3 is 24.8 Å². The third-order valence-corrected chi connectivity index (χ3v) is 6.12. The summed E-state index contributed by atoms with van der Waals surface area (Å²) in [6, 6.07) is 8.72. The van der Waals surface area contributed by atoms with E-state index in [2.05, 4.69) is 37.5 Å². The van der Waals surface area contributed by atoms with Crippen LogP contribution in [0.1, 0.15) is 23.0 Å². The number of hydrogen-bond donors (Lipinski definition) is 1. The van der Waals surface area contributed by atoms with E-state index < -0.39 is 0 Å². The number of rotatable bonds is 7. The number of piperazine rings is 1. The zero-order valence-electron chi connectivity index (χ0n) is 21.0. The number of amides is 3. The Bertz CT molecular complexity index is 1190. The lowest BCUT2D eigenvalue weighted by Crippen LogP contribution is -2.50. The molecule has 1 fully saturated rings. The zero-order valence-corrected chi connectivity index (χ0v) is 21.0. The molecule has 12 heteroatoms. The van der Waals surface area contributed by atoms with Gasteiger partial charge >= 0.3 is 6.03 Å². The fourth-order valence-electron chi connectivity index (χ4n) is 3.70. The molecule has 1 saturated heterocycles. The number of pyridine rings is 1. The molecule has 3 aromatic heterocycles. The maximum absolute atomic E-state index is 12.8. The first-order chi connectivity index (χ1) is 17.4. The average Bonchev–Trinajstić information content (AvgIpc) is 3.37. The molecule has 3 amide bonds. The first kappa shape index (κ1) is 25.0. The van der Waals surface area contributed by atoms with Crippen molar-refractivity contribution in [3.8, 4) is 23.1 Å². The highest BCUT2D eigenvalue weighted by Crippen LogP contribution is 2.23. The predicted molar refractivity (Wildman–Crippen MR) is 133 cm³/mol. The lowest BCUT2D eigenvalue weighted by molar-refractivity contribution is 0.0796. The molecule has 0 radical (unpaired) electrons. The van der Waals surface area contributed by atoms with Crippen molar-refractivity contribution in [3.05, 3.63) is 47.8 Å². The predicted octanol–water partition coefficient (Wildman–Crippen LogP) is 1.28. The molecule has 190 valence electrons. The monoisotopic (exact) mass is 493 g/mol. The number of carbonyl (C=O) groups is 2. The maximum Gasteiger partial charge on any atom is 0.317 e. The summed E-state index contributed by atoms with van der Waals surface area (Å²) in [5.74, 6) is 0.590. The third-order valence-electron chi connectivity index (χ3n) is 6.12. The van der Waals surface area contributed by atoms with E-state index in [9.17, 15) is 9.59 Å². The first-order valence-corrected chi connectivity index (χ1v) is 11.8. The van der Waals surface area contributed by atoms with Gasteiger partial charge in [0.25, 0.3) is 5.91 Å². The molecule has 1 aliphatic heterocycles. The van der Waals surface area contributed by atoms with Gasteiger partial charge in [0.2, 0.25) is 5.88 Å². The highest BCUT2D eigenvalue weighted by atomic mass is 16.5. The molecule has 0 atom stereocenters. The minimum atomic E-state index is -0.206. The Labute approximate surface area is 209 Å². The van der Waals surface area contributed by atoms with Crippen molar-refractivity contribution in [3.63, 3.8) is 0 Å². The molecule has 1 aliphatic rings. The van der Waals surface area contributed by atoms with Gasteiger partial charge in [-0.15, -0.1) is 10.2 Å². The second kappa shape index (κ2) is 11.1. The number of methoxy groups -OCH3 is 1. The van der Waals surface area contributed by atoms with E-state index in [0.29, 0.717) is 49.3 Å². The van der Waals surface area contributed by atoms with Crippen LogP contribution in [0.3, 0.4) is 0 Å². The highest BCUT2D eigenvalue weighted by Gasteiger charge is 2.21. The van der Waals surface area contributed by atoms with Crippen LogP contribution in [0.25, 0.3) is 17.2 Å². The van der Waals surface area contributed by atoms with Crippen LogP contribution in [0.5, 0.6) is 5.88 Å². The lowest BCUT2D eigenvalue weighted by atomic mass is 10.2. The van der Waals surface area contributed by atoms with Crippen molar-refractivity contribution >= 4 is 11.9 Å². The van der Waals surface area contributed by atoms with Crippen LogP contribution in [0.4, 0.5) is 4.79 Å². The van der Waals surface area contributed by atoms with Crippen LogP contribution in [-0.4, -0.2) is 106 Å². The van der Waals surface area contributed by atoms with E-state index in [1.54, 1.807) is 41.0 Å². The van der Waals surface area contributed by atoms with Crippen LogP contribution >= 0.6 is 0 Å². The van der Waals surface area contributed by atoms with Crippen LogP contribution in [-0.2, 0) is 6.54 Å². The summed E-state index contributed by atoms with van der Waals surface area (Å²) in [6.07, 6.45) is 1.70. The molecule has 4 heterocycles. The molecule has 0 aliphatic carbocycles. The summed E-state index contributed by atoms with van der Waals surface area (Å²) in [4.78, 5) is 35.4. The molecule has 36 heavy (non-hydrogen) atoms. The van der Waals surface area contributed by atoms with E-state index in [4.69, 9.17) is 4.74 Å². The Morgan fingerprint density at radius 2 is 1.89 bits per heavy atom. The van der Waals surface area contributed by atoms with Crippen LogP contribution < -0.4 is 10.1 Å². The second-order valence-corrected chi connectivity index (χ2v) is 8.58. The first-order valence-electron chi connectivity index (χ1n) is 11.8. The third kappa shape index (κ3) is 5.60. The van der Waals surface area contributed by atoms with Crippen molar-refractivity contribution in [1.82, 2.24) is 45.0 Å². The van der Waals surface area contributed by atoms with E-state index >= 15 is 0 Å². The smallest absolute Gasteiger partial charge is 0.317 e. The summed E-state index contributed by atoms with van der Waals surface area (Å²) in [7, 11) is 5.29. The molecule has 0 saturated carbocycles. The van der Waals surface area contributed by atoms with Gasteiger partial charge in [0, 0.05) is 58.6 Å². The molecular weight excluding hydrogens is 462 g/mol. The van der Waals surface area contributed by atoms with Crippen LogP contribution in [0, 0.1) is 0 Å². The summed E-state index contributed by atoms with van der Waals surface area (Å²) >= 11 is 0. The Kier molecular flexibility index (Phi) is 7.74. The van der Waals surface area contributed by atoms with E-state index in [0.717, 1.165) is 18.7 Å². The van der Waals surface area contributed by atoms with Crippen LogP contribution in [0.2, 0.25) is 0 Å². The molecule has 0 unspecified atom stereocenters. The number of urea groups is 1. The Morgan fingerprint density at radius 3 is 2.50 bits per heavy atom. The number of carbonyl (C=O) groups excluding carboxylic acids is 2. The van der Waals surface area contributed by atoms with Gasteiger partial charge in [-0.1, -0.05) is 6.07 Å². The molecule has 1 N–H and O–H groups in total. The average molecular weight is 494 g/mol. The van der Waals surface area contributed by atoms with Gasteiger partial charge in [0.15, 0.2) is 11.5 Å². The molecular formula is C24H31N9O3. The zero-order chi connectivity index (χ0) is 25.7. The molecule has 0 aromatic carbocycles. The van der Waals surface area contributed by atoms with Gasteiger partial charge in [-0.3, -0.25) is 9.78 Å². The molecule has 4 rings (SSSR count). The SMILES string of the molecule is CCN(C)C(=O)c1cc(-c2ccc(CNC(=O)N3CCN(C)CC3)cn2)n(-c2ccc(OC)nn2)n1.